The number of hydrogen-bond acceptors (Lipinski definition) is 5. The fourth-order valence-electron chi connectivity index (χ4n) is 1.86. The van der Waals surface area contributed by atoms with Gasteiger partial charge in [-0.15, -0.1) is 0 Å². The second-order valence-electron chi connectivity index (χ2n) is 4.15. The molecule has 0 saturated heterocycles. The molecule has 2 rings (SSSR count). The molecule has 1 aromatic carbocycles. The van der Waals surface area contributed by atoms with Gasteiger partial charge in [0.15, 0.2) is 5.82 Å². The number of benzene rings is 1. The topological polar surface area (TPSA) is 85.2 Å². The van der Waals surface area contributed by atoms with Crippen LogP contribution in [-0.2, 0) is 0 Å². The monoisotopic (exact) mass is 247 g/mol. The number of nitrogens with two attached hydrogens (primary N) is 1. The maximum absolute atomic E-state index is 8.96. The molecule has 0 fully saturated rings. The molecule has 18 heavy (non-hydrogen) atoms. The zero-order valence-electron chi connectivity index (χ0n) is 10.3. The van der Waals surface area contributed by atoms with Crippen molar-refractivity contribution in [1.29, 1.82) is 0 Å². The third-order valence-electron chi connectivity index (χ3n) is 2.89. The normalized spacial score (nSPS) is 14.4. The zero-order chi connectivity index (χ0) is 13.0. The molecule has 0 radical (unpaired) electrons. The molecule has 2 atom stereocenters. The predicted octanol–water partition coefficient (Wildman–Crippen LogP) is 1.60. The van der Waals surface area contributed by atoms with E-state index in [1.807, 2.05) is 30.3 Å². The third-order valence-corrected chi connectivity index (χ3v) is 2.89. The summed E-state index contributed by atoms with van der Waals surface area (Å²) in [6, 6.07) is 9.41. The van der Waals surface area contributed by atoms with Gasteiger partial charge < -0.3 is 15.4 Å². The van der Waals surface area contributed by atoms with Gasteiger partial charge in [0.2, 0.25) is 5.89 Å². The number of aliphatic hydroxyl groups is 1. The highest BCUT2D eigenvalue weighted by Crippen LogP contribution is 2.26. The summed E-state index contributed by atoms with van der Waals surface area (Å²) in [6.45, 7) is 1.87. The Hall–Kier alpha value is -1.72. The Bertz CT molecular complexity index is 484. The fourth-order valence-corrected chi connectivity index (χ4v) is 1.86. The van der Waals surface area contributed by atoms with E-state index in [0.717, 1.165) is 12.0 Å². The number of hydrogen-bond donors (Lipinski definition) is 2. The largest absolute Gasteiger partial charge is 0.394 e. The first-order valence-corrected chi connectivity index (χ1v) is 6.01. The Morgan fingerprint density at radius 2 is 2.06 bits per heavy atom. The van der Waals surface area contributed by atoms with Crippen molar-refractivity contribution < 1.29 is 9.63 Å². The van der Waals surface area contributed by atoms with Gasteiger partial charge >= 0.3 is 0 Å². The standard InChI is InChI=1S/C13H17N3O2/c1-2-10(9-6-4-3-5-7-9)13-15-12(16-18-13)11(14)8-17/h3-7,10-11,17H,2,8,14H2,1H3. The maximum atomic E-state index is 8.96. The van der Waals surface area contributed by atoms with Crippen LogP contribution in [-0.4, -0.2) is 21.9 Å². The second kappa shape index (κ2) is 5.75. The molecule has 0 aliphatic carbocycles. The van der Waals surface area contributed by atoms with E-state index >= 15 is 0 Å². The minimum atomic E-state index is -0.587. The van der Waals surface area contributed by atoms with E-state index in [1.165, 1.54) is 0 Å². The Morgan fingerprint density at radius 1 is 1.33 bits per heavy atom. The van der Waals surface area contributed by atoms with Gasteiger partial charge in [-0.05, 0) is 12.0 Å². The Labute approximate surface area is 106 Å². The van der Waals surface area contributed by atoms with Crippen LogP contribution in [0.15, 0.2) is 34.9 Å². The zero-order valence-corrected chi connectivity index (χ0v) is 10.3. The summed E-state index contributed by atoms with van der Waals surface area (Å²) in [7, 11) is 0. The highest BCUT2D eigenvalue weighted by Gasteiger charge is 2.21. The summed E-state index contributed by atoms with van der Waals surface area (Å²) in [5, 5.41) is 12.8. The first kappa shape index (κ1) is 12.7. The van der Waals surface area contributed by atoms with Gasteiger partial charge in [-0.3, -0.25) is 0 Å². The van der Waals surface area contributed by atoms with Crippen molar-refractivity contribution in [2.24, 2.45) is 5.73 Å². The molecule has 0 spiro atoms. The van der Waals surface area contributed by atoms with E-state index in [1.54, 1.807) is 0 Å². The molecule has 2 aromatic rings. The van der Waals surface area contributed by atoms with Gasteiger partial charge in [-0.2, -0.15) is 4.98 Å². The summed E-state index contributed by atoms with van der Waals surface area (Å²) >= 11 is 0. The van der Waals surface area contributed by atoms with Crippen molar-refractivity contribution in [1.82, 2.24) is 10.1 Å². The van der Waals surface area contributed by atoms with Crippen LogP contribution >= 0.6 is 0 Å². The first-order valence-electron chi connectivity index (χ1n) is 6.01. The lowest BCUT2D eigenvalue weighted by Gasteiger charge is -2.09. The maximum Gasteiger partial charge on any atom is 0.234 e. The van der Waals surface area contributed by atoms with Crippen LogP contribution in [0, 0.1) is 0 Å². The van der Waals surface area contributed by atoms with Crippen LogP contribution in [0.25, 0.3) is 0 Å². The molecule has 5 heteroatoms. The van der Waals surface area contributed by atoms with Crippen molar-refractivity contribution >= 4 is 0 Å². The number of rotatable bonds is 5. The molecule has 0 saturated carbocycles. The quantitative estimate of drug-likeness (QED) is 0.838. The van der Waals surface area contributed by atoms with Crippen LogP contribution < -0.4 is 5.73 Å². The summed E-state index contributed by atoms with van der Waals surface area (Å²) in [6.07, 6.45) is 0.861. The van der Waals surface area contributed by atoms with E-state index in [2.05, 4.69) is 17.1 Å². The average molecular weight is 247 g/mol. The summed E-state index contributed by atoms with van der Waals surface area (Å²) < 4.78 is 5.24. The molecule has 0 bridgehead atoms. The predicted molar refractivity (Wildman–Crippen MR) is 66.9 cm³/mol. The number of nitrogens with zero attached hydrogens (tertiary/aromatic N) is 2. The summed E-state index contributed by atoms with van der Waals surface area (Å²) in [5.41, 5.74) is 6.79. The molecule has 0 aliphatic rings. The number of aliphatic hydroxyl groups excluding tert-OH is 1. The molecule has 1 aromatic heterocycles. The van der Waals surface area contributed by atoms with Crippen molar-refractivity contribution in [3.8, 4) is 0 Å². The van der Waals surface area contributed by atoms with E-state index < -0.39 is 6.04 Å². The SMILES string of the molecule is CCC(c1ccccc1)c1nc(C(N)CO)no1. The molecular formula is C13H17N3O2. The van der Waals surface area contributed by atoms with Gasteiger partial charge in [0, 0.05) is 0 Å². The van der Waals surface area contributed by atoms with Gasteiger partial charge in [-0.25, -0.2) is 0 Å². The average Bonchev–Trinajstić information content (AvgIpc) is 2.89. The minimum absolute atomic E-state index is 0.0679. The van der Waals surface area contributed by atoms with Gasteiger partial charge in [-0.1, -0.05) is 42.4 Å². The van der Waals surface area contributed by atoms with Crippen molar-refractivity contribution in [2.75, 3.05) is 6.61 Å². The van der Waals surface area contributed by atoms with Gasteiger partial charge in [0.1, 0.15) is 0 Å². The number of aromatic nitrogens is 2. The highest BCUT2D eigenvalue weighted by molar-refractivity contribution is 5.24. The van der Waals surface area contributed by atoms with E-state index in [-0.39, 0.29) is 12.5 Å². The van der Waals surface area contributed by atoms with Crippen LogP contribution in [0.1, 0.15) is 42.6 Å². The second-order valence-corrected chi connectivity index (χ2v) is 4.15. The van der Waals surface area contributed by atoms with Gasteiger partial charge in [0.25, 0.3) is 0 Å². The Kier molecular flexibility index (Phi) is 4.07. The van der Waals surface area contributed by atoms with E-state index in [9.17, 15) is 0 Å². The van der Waals surface area contributed by atoms with Crippen LogP contribution in [0.4, 0.5) is 0 Å². The lowest BCUT2D eigenvalue weighted by Crippen LogP contribution is -2.16. The van der Waals surface area contributed by atoms with Crippen molar-refractivity contribution in [2.45, 2.75) is 25.3 Å². The fraction of sp³-hybridized carbons (Fsp3) is 0.385. The molecule has 0 amide bonds. The van der Waals surface area contributed by atoms with Gasteiger partial charge in [0.05, 0.1) is 18.6 Å². The smallest absolute Gasteiger partial charge is 0.234 e. The minimum Gasteiger partial charge on any atom is -0.394 e. The van der Waals surface area contributed by atoms with Crippen molar-refractivity contribution in [3.05, 3.63) is 47.6 Å². The summed E-state index contributed by atoms with van der Waals surface area (Å²) in [5.74, 6) is 0.961. The van der Waals surface area contributed by atoms with Crippen LogP contribution in [0.2, 0.25) is 0 Å². The van der Waals surface area contributed by atoms with E-state index in [0.29, 0.717) is 11.7 Å². The van der Waals surface area contributed by atoms with Crippen molar-refractivity contribution in [3.63, 3.8) is 0 Å². The molecule has 3 N–H and O–H groups in total. The molecule has 96 valence electrons. The Balaban J connectivity index is 2.26. The lowest BCUT2D eigenvalue weighted by molar-refractivity contribution is 0.259. The molecular weight excluding hydrogens is 230 g/mol. The third kappa shape index (κ3) is 2.57. The lowest BCUT2D eigenvalue weighted by atomic mass is 9.96. The molecule has 2 unspecified atom stereocenters. The van der Waals surface area contributed by atoms with Crippen LogP contribution in [0.5, 0.6) is 0 Å². The molecule has 1 heterocycles. The van der Waals surface area contributed by atoms with Crippen LogP contribution in [0.3, 0.4) is 0 Å². The van der Waals surface area contributed by atoms with E-state index in [4.69, 9.17) is 15.4 Å². The first-order chi connectivity index (χ1) is 8.76. The summed E-state index contributed by atoms with van der Waals surface area (Å²) in [4.78, 5) is 4.27. The molecule has 0 aliphatic heterocycles. The highest BCUT2D eigenvalue weighted by atomic mass is 16.5. The molecule has 5 nitrogen and oxygen atoms in total. The Morgan fingerprint density at radius 3 is 2.67 bits per heavy atom.